The molecule has 0 unspecified atom stereocenters. The Labute approximate surface area is 130 Å². The molecule has 120 valence electrons. The number of carbonyl (C=O) groups is 2. The van der Waals surface area contributed by atoms with Crippen LogP contribution in [0, 0.1) is 5.82 Å². The van der Waals surface area contributed by atoms with Crippen LogP contribution in [0.4, 0.5) is 9.18 Å². The molecule has 1 saturated heterocycles. The molecule has 0 saturated carbocycles. The van der Waals surface area contributed by atoms with Gasteiger partial charge >= 0.3 is 6.03 Å². The average Bonchev–Trinajstić information content (AvgIpc) is 2.74. The standard InChI is InChI=1S/C16H22FN3O2/c1-10(2)19(3)16(22)18-13-9-14(21)20(4)15(13)11-5-7-12(17)8-6-11/h5-8,10,13,15H,9H2,1-4H3,(H,18,22)/t13-,15+/m0/s1. The molecular weight excluding hydrogens is 285 g/mol. The molecule has 1 N–H and O–H groups in total. The number of urea groups is 1. The van der Waals surface area contributed by atoms with Gasteiger partial charge in [0.2, 0.25) is 5.91 Å². The summed E-state index contributed by atoms with van der Waals surface area (Å²) >= 11 is 0. The summed E-state index contributed by atoms with van der Waals surface area (Å²) in [5.74, 6) is -0.359. The lowest BCUT2D eigenvalue weighted by molar-refractivity contribution is -0.127. The maximum atomic E-state index is 13.1. The minimum atomic E-state index is -0.323. The van der Waals surface area contributed by atoms with Crippen molar-refractivity contribution in [3.05, 3.63) is 35.6 Å². The van der Waals surface area contributed by atoms with Crippen LogP contribution in [0.15, 0.2) is 24.3 Å². The number of amides is 3. The van der Waals surface area contributed by atoms with Crippen molar-refractivity contribution in [1.82, 2.24) is 15.1 Å². The molecule has 1 aromatic carbocycles. The summed E-state index contributed by atoms with van der Waals surface area (Å²) in [4.78, 5) is 27.4. The lowest BCUT2D eigenvalue weighted by atomic mass is 10.0. The number of halogens is 1. The van der Waals surface area contributed by atoms with E-state index < -0.39 is 0 Å². The van der Waals surface area contributed by atoms with Gasteiger partial charge in [-0.05, 0) is 31.5 Å². The van der Waals surface area contributed by atoms with Gasteiger partial charge in [0, 0.05) is 26.6 Å². The Kier molecular flexibility index (Phi) is 4.68. The number of benzene rings is 1. The Morgan fingerprint density at radius 3 is 2.50 bits per heavy atom. The Morgan fingerprint density at radius 2 is 1.95 bits per heavy atom. The maximum absolute atomic E-state index is 13.1. The highest BCUT2D eigenvalue weighted by Gasteiger charge is 2.39. The molecule has 2 atom stereocenters. The van der Waals surface area contributed by atoms with Gasteiger partial charge in [-0.15, -0.1) is 0 Å². The molecule has 0 spiro atoms. The third-order valence-corrected chi connectivity index (χ3v) is 4.20. The van der Waals surface area contributed by atoms with Crippen LogP contribution >= 0.6 is 0 Å². The molecule has 0 radical (unpaired) electrons. The summed E-state index contributed by atoms with van der Waals surface area (Å²) in [5.41, 5.74) is 0.812. The normalized spacial score (nSPS) is 21.4. The van der Waals surface area contributed by atoms with Crippen molar-refractivity contribution in [2.45, 2.75) is 38.4 Å². The first-order chi connectivity index (χ1) is 10.3. The van der Waals surface area contributed by atoms with Crippen LogP contribution in [0.2, 0.25) is 0 Å². The van der Waals surface area contributed by atoms with Gasteiger partial charge in [0.25, 0.3) is 0 Å². The number of nitrogens with zero attached hydrogens (tertiary/aromatic N) is 2. The predicted octanol–water partition coefficient (Wildman–Crippen LogP) is 2.15. The summed E-state index contributed by atoms with van der Waals surface area (Å²) < 4.78 is 13.1. The molecule has 1 fully saturated rings. The van der Waals surface area contributed by atoms with E-state index in [2.05, 4.69) is 5.32 Å². The van der Waals surface area contributed by atoms with Crippen LogP contribution in [-0.2, 0) is 4.79 Å². The fourth-order valence-electron chi connectivity index (χ4n) is 2.61. The van der Waals surface area contributed by atoms with Crippen molar-refractivity contribution < 1.29 is 14.0 Å². The van der Waals surface area contributed by atoms with Crippen molar-refractivity contribution in [2.75, 3.05) is 14.1 Å². The fraction of sp³-hybridized carbons (Fsp3) is 0.500. The van der Waals surface area contributed by atoms with Gasteiger partial charge in [-0.1, -0.05) is 12.1 Å². The van der Waals surface area contributed by atoms with E-state index in [1.807, 2.05) is 13.8 Å². The highest BCUT2D eigenvalue weighted by Crippen LogP contribution is 2.32. The molecule has 0 bridgehead atoms. The molecule has 3 amide bonds. The first-order valence-electron chi connectivity index (χ1n) is 7.35. The lowest BCUT2D eigenvalue weighted by Crippen LogP contribution is -2.47. The summed E-state index contributed by atoms with van der Waals surface area (Å²) in [6, 6.07) is 5.29. The zero-order valence-corrected chi connectivity index (χ0v) is 13.3. The van der Waals surface area contributed by atoms with E-state index in [1.54, 1.807) is 36.0 Å². The topological polar surface area (TPSA) is 52.7 Å². The third-order valence-electron chi connectivity index (χ3n) is 4.20. The van der Waals surface area contributed by atoms with Crippen molar-refractivity contribution in [3.8, 4) is 0 Å². The number of hydrogen-bond donors (Lipinski definition) is 1. The fourth-order valence-corrected chi connectivity index (χ4v) is 2.61. The largest absolute Gasteiger partial charge is 0.337 e. The van der Waals surface area contributed by atoms with E-state index in [-0.39, 0.29) is 42.3 Å². The average molecular weight is 307 g/mol. The van der Waals surface area contributed by atoms with Gasteiger partial charge in [0.1, 0.15) is 5.82 Å². The Bertz CT molecular complexity index is 559. The van der Waals surface area contributed by atoms with Gasteiger partial charge in [-0.2, -0.15) is 0 Å². The number of likely N-dealkylation sites (tertiary alicyclic amines) is 1. The number of nitrogens with one attached hydrogen (secondary N) is 1. The van der Waals surface area contributed by atoms with Gasteiger partial charge in [0.15, 0.2) is 0 Å². The predicted molar refractivity (Wildman–Crippen MR) is 81.7 cm³/mol. The zero-order valence-electron chi connectivity index (χ0n) is 13.3. The quantitative estimate of drug-likeness (QED) is 0.930. The second-order valence-electron chi connectivity index (χ2n) is 5.97. The highest BCUT2D eigenvalue weighted by molar-refractivity contribution is 5.82. The van der Waals surface area contributed by atoms with Crippen LogP contribution in [0.3, 0.4) is 0 Å². The maximum Gasteiger partial charge on any atom is 0.317 e. The van der Waals surface area contributed by atoms with Crippen LogP contribution in [0.1, 0.15) is 31.9 Å². The van der Waals surface area contributed by atoms with E-state index >= 15 is 0 Å². The molecule has 5 nitrogen and oxygen atoms in total. The summed E-state index contributed by atoms with van der Waals surface area (Å²) in [6.45, 7) is 3.84. The molecule has 2 rings (SSSR count). The molecule has 0 aromatic heterocycles. The van der Waals surface area contributed by atoms with Crippen molar-refractivity contribution in [3.63, 3.8) is 0 Å². The molecule has 1 heterocycles. The summed E-state index contributed by atoms with van der Waals surface area (Å²) in [7, 11) is 3.42. The Hall–Kier alpha value is -2.11. The third kappa shape index (κ3) is 3.21. The van der Waals surface area contributed by atoms with E-state index in [0.717, 1.165) is 5.56 Å². The first-order valence-corrected chi connectivity index (χ1v) is 7.35. The van der Waals surface area contributed by atoms with Gasteiger partial charge in [-0.3, -0.25) is 4.79 Å². The molecule has 1 aromatic rings. The second-order valence-corrected chi connectivity index (χ2v) is 5.97. The Balaban J connectivity index is 2.20. The number of hydrogen-bond acceptors (Lipinski definition) is 2. The molecule has 6 heteroatoms. The van der Waals surface area contributed by atoms with Crippen LogP contribution in [0.5, 0.6) is 0 Å². The monoisotopic (exact) mass is 307 g/mol. The van der Waals surface area contributed by atoms with E-state index in [1.165, 1.54) is 12.1 Å². The molecule has 1 aliphatic rings. The lowest BCUT2D eigenvalue weighted by Gasteiger charge is -2.29. The minimum Gasteiger partial charge on any atom is -0.337 e. The van der Waals surface area contributed by atoms with Gasteiger partial charge < -0.3 is 15.1 Å². The zero-order chi connectivity index (χ0) is 16.4. The molecule has 1 aliphatic heterocycles. The number of rotatable bonds is 3. The highest BCUT2D eigenvalue weighted by atomic mass is 19.1. The van der Waals surface area contributed by atoms with Crippen molar-refractivity contribution in [1.29, 1.82) is 0 Å². The van der Waals surface area contributed by atoms with Crippen LogP contribution in [-0.4, -0.2) is 47.9 Å². The molecule has 22 heavy (non-hydrogen) atoms. The first kappa shape index (κ1) is 16.3. The van der Waals surface area contributed by atoms with E-state index in [0.29, 0.717) is 0 Å². The SMILES string of the molecule is CC(C)N(C)C(=O)N[C@H]1CC(=O)N(C)[C@@H]1c1ccc(F)cc1. The summed E-state index contributed by atoms with van der Waals surface area (Å²) in [5, 5.41) is 2.91. The van der Waals surface area contributed by atoms with Crippen molar-refractivity contribution >= 4 is 11.9 Å². The van der Waals surface area contributed by atoms with Gasteiger partial charge in [-0.25, -0.2) is 9.18 Å². The number of likely N-dealkylation sites (N-methyl/N-ethyl adjacent to an activating group) is 1. The minimum absolute atomic E-state index is 0.0353. The van der Waals surface area contributed by atoms with Crippen LogP contribution < -0.4 is 5.32 Å². The van der Waals surface area contributed by atoms with Gasteiger partial charge in [0.05, 0.1) is 12.1 Å². The van der Waals surface area contributed by atoms with Crippen molar-refractivity contribution in [2.24, 2.45) is 0 Å². The Morgan fingerprint density at radius 1 is 1.36 bits per heavy atom. The molecular formula is C16H22FN3O2. The number of carbonyl (C=O) groups excluding carboxylic acids is 2. The molecule has 0 aliphatic carbocycles. The van der Waals surface area contributed by atoms with E-state index in [9.17, 15) is 14.0 Å². The second kappa shape index (κ2) is 6.34. The summed E-state index contributed by atoms with van der Waals surface area (Å²) in [6.07, 6.45) is 0.246. The smallest absolute Gasteiger partial charge is 0.317 e. The van der Waals surface area contributed by atoms with Crippen LogP contribution in [0.25, 0.3) is 0 Å². The van der Waals surface area contributed by atoms with E-state index in [4.69, 9.17) is 0 Å².